The summed E-state index contributed by atoms with van der Waals surface area (Å²) in [7, 11) is 0. The molecule has 0 bridgehead atoms. The summed E-state index contributed by atoms with van der Waals surface area (Å²) in [6.45, 7) is 11.3. The van der Waals surface area contributed by atoms with Gasteiger partial charge in [-0.15, -0.1) is 11.3 Å². The van der Waals surface area contributed by atoms with Gasteiger partial charge in [0.15, 0.2) is 0 Å². The van der Waals surface area contributed by atoms with Gasteiger partial charge in [0.25, 0.3) is 0 Å². The second-order valence-electron chi connectivity index (χ2n) is 10.8. The molecule has 0 spiro atoms. The van der Waals surface area contributed by atoms with E-state index in [-0.39, 0.29) is 5.41 Å². The van der Waals surface area contributed by atoms with E-state index in [0.717, 1.165) is 39.6 Å². The number of hydrogen-bond acceptors (Lipinski definition) is 3. The number of hydrogen-bond donors (Lipinski definition) is 0. The molecule has 174 valence electrons. The molecule has 0 saturated carbocycles. The molecular formula is C32H29NOS. The lowest BCUT2D eigenvalue weighted by atomic mass is 9.83. The van der Waals surface area contributed by atoms with E-state index in [4.69, 9.17) is 9.40 Å². The van der Waals surface area contributed by atoms with Crippen molar-refractivity contribution >= 4 is 43.4 Å². The van der Waals surface area contributed by atoms with Crippen LogP contribution in [0.5, 0.6) is 0 Å². The van der Waals surface area contributed by atoms with Gasteiger partial charge in [0.2, 0.25) is 0 Å². The van der Waals surface area contributed by atoms with Crippen LogP contribution < -0.4 is 0 Å². The Kier molecular flexibility index (Phi) is 5.08. The maximum atomic E-state index is 6.57. The van der Waals surface area contributed by atoms with Crippen LogP contribution in [0.2, 0.25) is 0 Å². The molecule has 0 aliphatic rings. The van der Waals surface area contributed by atoms with Crippen LogP contribution in [0.25, 0.3) is 54.4 Å². The van der Waals surface area contributed by atoms with E-state index >= 15 is 0 Å². The molecule has 2 nitrogen and oxygen atoms in total. The summed E-state index contributed by atoms with van der Waals surface area (Å²) in [6, 6.07) is 21.8. The number of furan rings is 1. The third kappa shape index (κ3) is 3.75. The molecule has 6 rings (SSSR count). The summed E-state index contributed by atoms with van der Waals surface area (Å²) < 4.78 is 7.82. The average molecular weight is 476 g/mol. The van der Waals surface area contributed by atoms with Crippen LogP contribution in [0, 0.1) is 19.3 Å². The van der Waals surface area contributed by atoms with Crippen molar-refractivity contribution in [3.05, 3.63) is 88.9 Å². The van der Waals surface area contributed by atoms with Gasteiger partial charge in [0.1, 0.15) is 11.2 Å². The van der Waals surface area contributed by atoms with E-state index in [0.29, 0.717) is 0 Å². The van der Waals surface area contributed by atoms with Crippen molar-refractivity contribution in [1.29, 1.82) is 0 Å². The number of fused-ring (bicyclic) bond motifs is 5. The lowest BCUT2D eigenvalue weighted by Gasteiger charge is -2.22. The van der Waals surface area contributed by atoms with Crippen molar-refractivity contribution in [2.45, 2.75) is 41.0 Å². The highest BCUT2D eigenvalue weighted by Gasteiger charge is 2.20. The Balaban J connectivity index is 1.59. The molecule has 0 aliphatic carbocycles. The maximum absolute atomic E-state index is 6.57. The van der Waals surface area contributed by atoms with E-state index in [1.54, 1.807) is 11.3 Å². The summed E-state index contributed by atoms with van der Waals surface area (Å²) in [5, 5.41) is 5.62. The van der Waals surface area contributed by atoms with Gasteiger partial charge in [-0.1, -0.05) is 51.1 Å². The Labute approximate surface area is 210 Å². The number of rotatable bonds is 3. The van der Waals surface area contributed by atoms with E-state index in [2.05, 4.69) is 107 Å². The van der Waals surface area contributed by atoms with Crippen LogP contribution in [-0.2, 0) is 6.42 Å². The molecule has 0 unspecified atom stereocenters. The van der Waals surface area contributed by atoms with Crippen molar-refractivity contribution in [2.75, 3.05) is 0 Å². The molecular weight excluding hydrogens is 446 g/mol. The monoisotopic (exact) mass is 475 g/mol. The number of nitrogens with zero attached hydrogens (tertiary/aromatic N) is 1. The van der Waals surface area contributed by atoms with Gasteiger partial charge in [-0.2, -0.15) is 0 Å². The molecule has 0 aliphatic heterocycles. The molecule has 3 heterocycles. The Hall–Kier alpha value is -3.43. The van der Waals surface area contributed by atoms with Crippen LogP contribution in [0.3, 0.4) is 0 Å². The predicted molar refractivity (Wildman–Crippen MR) is 150 cm³/mol. The zero-order chi connectivity index (χ0) is 24.3. The number of para-hydroxylation sites is 1. The largest absolute Gasteiger partial charge is 0.455 e. The minimum atomic E-state index is 0.153. The fourth-order valence-corrected chi connectivity index (χ4v) is 6.11. The first-order valence-corrected chi connectivity index (χ1v) is 13.1. The molecule has 0 saturated heterocycles. The first-order valence-electron chi connectivity index (χ1n) is 12.2. The van der Waals surface area contributed by atoms with E-state index in [1.165, 1.54) is 37.9 Å². The fraction of sp³-hybridized carbons (Fsp3) is 0.219. The van der Waals surface area contributed by atoms with Gasteiger partial charge in [-0.05, 0) is 83.6 Å². The SMILES string of the molecule is Cc1cccc(C)c1-c1cnc(-c2cccc3c2oc2c4ccsc4ccc32)cc1CC(C)(C)C. The minimum Gasteiger partial charge on any atom is -0.455 e. The molecule has 3 heteroatoms. The number of aryl methyl sites for hydroxylation is 2. The van der Waals surface area contributed by atoms with Crippen LogP contribution in [0.15, 0.2) is 76.7 Å². The summed E-state index contributed by atoms with van der Waals surface area (Å²) >= 11 is 1.75. The third-order valence-corrected chi connectivity index (χ3v) is 7.71. The van der Waals surface area contributed by atoms with Crippen LogP contribution >= 0.6 is 11.3 Å². The number of thiophene rings is 1. The summed E-state index contributed by atoms with van der Waals surface area (Å²) in [5.74, 6) is 0. The zero-order valence-corrected chi connectivity index (χ0v) is 21.7. The number of pyridine rings is 1. The fourth-order valence-electron chi connectivity index (χ4n) is 5.33. The van der Waals surface area contributed by atoms with Gasteiger partial charge < -0.3 is 4.42 Å². The standard InChI is InChI=1S/C32H29NOS/c1-19-8-6-9-20(2)29(19)26-18-33-27(16-21(26)17-32(3,4)5)24-11-7-10-22-23-12-13-28-25(14-15-35-28)31(23)34-30(22)24/h6-16,18H,17H2,1-5H3. The molecule has 6 aromatic rings. The highest BCUT2D eigenvalue weighted by molar-refractivity contribution is 7.17. The zero-order valence-electron chi connectivity index (χ0n) is 20.9. The predicted octanol–water partition coefficient (Wildman–Crippen LogP) is 9.74. The van der Waals surface area contributed by atoms with E-state index in [9.17, 15) is 0 Å². The van der Waals surface area contributed by atoms with Gasteiger partial charge in [0, 0.05) is 38.2 Å². The molecule has 35 heavy (non-hydrogen) atoms. The minimum absolute atomic E-state index is 0.153. The lowest BCUT2D eigenvalue weighted by molar-refractivity contribution is 0.411. The average Bonchev–Trinajstić information content (AvgIpc) is 3.43. The Morgan fingerprint density at radius 1 is 0.800 bits per heavy atom. The van der Waals surface area contributed by atoms with Gasteiger partial charge in [0.05, 0.1) is 5.69 Å². The topological polar surface area (TPSA) is 26.0 Å². The molecule has 0 radical (unpaired) electrons. The smallest absolute Gasteiger partial charge is 0.144 e. The lowest BCUT2D eigenvalue weighted by Crippen LogP contribution is -2.11. The molecule has 0 amide bonds. The first-order chi connectivity index (χ1) is 16.8. The molecule has 3 aromatic carbocycles. The van der Waals surface area contributed by atoms with Crippen molar-refractivity contribution in [3.8, 4) is 22.4 Å². The highest BCUT2D eigenvalue weighted by Crippen LogP contribution is 2.41. The normalized spacial score (nSPS) is 12.3. The van der Waals surface area contributed by atoms with Crippen LogP contribution in [-0.4, -0.2) is 4.98 Å². The second kappa shape index (κ2) is 8.07. The first kappa shape index (κ1) is 22.1. The van der Waals surface area contributed by atoms with E-state index < -0.39 is 0 Å². The van der Waals surface area contributed by atoms with Crippen molar-refractivity contribution in [1.82, 2.24) is 4.98 Å². The van der Waals surface area contributed by atoms with Crippen molar-refractivity contribution < 1.29 is 4.42 Å². The van der Waals surface area contributed by atoms with Gasteiger partial charge in [-0.25, -0.2) is 0 Å². The molecule has 0 fully saturated rings. The summed E-state index contributed by atoms with van der Waals surface area (Å²) in [6.07, 6.45) is 3.04. The quantitative estimate of drug-likeness (QED) is 0.254. The maximum Gasteiger partial charge on any atom is 0.144 e. The van der Waals surface area contributed by atoms with Crippen molar-refractivity contribution in [3.63, 3.8) is 0 Å². The van der Waals surface area contributed by atoms with Crippen molar-refractivity contribution in [2.24, 2.45) is 5.41 Å². The third-order valence-electron chi connectivity index (χ3n) is 6.83. The number of benzene rings is 3. The Morgan fingerprint density at radius 2 is 1.54 bits per heavy atom. The Bertz CT molecular complexity index is 1710. The molecule has 0 atom stereocenters. The molecule has 3 aromatic heterocycles. The van der Waals surface area contributed by atoms with Crippen LogP contribution in [0.4, 0.5) is 0 Å². The molecule has 0 N–H and O–H groups in total. The van der Waals surface area contributed by atoms with Crippen LogP contribution in [0.1, 0.15) is 37.5 Å². The van der Waals surface area contributed by atoms with Gasteiger partial charge >= 0.3 is 0 Å². The number of aromatic nitrogens is 1. The van der Waals surface area contributed by atoms with E-state index in [1.807, 2.05) is 0 Å². The second-order valence-corrected chi connectivity index (χ2v) is 11.7. The van der Waals surface area contributed by atoms with Gasteiger partial charge in [-0.3, -0.25) is 4.98 Å². The summed E-state index contributed by atoms with van der Waals surface area (Å²) in [5.41, 5.74) is 10.5. The highest BCUT2D eigenvalue weighted by atomic mass is 32.1. The summed E-state index contributed by atoms with van der Waals surface area (Å²) in [4.78, 5) is 5.01. The Morgan fingerprint density at radius 3 is 2.31 bits per heavy atom.